The van der Waals surface area contributed by atoms with Crippen LogP contribution in [-0.2, 0) is 90.4 Å². The molecule has 22 nitrogen and oxygen atoms in total. The molecule has 0 spiro atoms. The molecule has 1 rings (SSSR count). The van der Waals surface area contributed by atoms with Crippen LogP contribution in [0, 0.1) is 16.2 Å². The van der Waals surface area contributed by atoms with Gasteiger partial charge in [-0.1, -0.05) is 39.5 Å². The van der Waals surface area contributed by atoms with Gasteiger partial charge in [-0.2, -0.15) is 0 Å². The second kappa shape index (κ2) is 29.7. The Bertz CT molecular complexity index is 1920. The summed E-state index contributed by atoms with van der Waals surface area (Å²) in [5, 5.41) is 0. The van der Waals surface area contributed by atoms with E-state index in [2.05, 4.69) is 39.5 Å². The summed E-state index contributed by atoms with van der Waals surface area (Å²) in [6.07, 6.45) is 4.92. The summed E-state index contributed by atoms with van der Waals surface area (Å²) in [5.74, 6) is -9.33. The van der Waals surface area contributed by atoms with Gasteiger partial charge in [0.2, 0.25) is 0 Å². The minimum absolute atomic E-state index is 0.0244. The molecule has 0 amide bonds. The first-order valence-electron chi connectivity index (χ1n) is 19.3. The van der Waals surface area contributed by atoms with E-state index in [1.807, 2.05) is 0 Å². The van der Waals surface area contributed by atoms with Crippen LogP contribution in [0.25, 0.3) is 0 Å². The Kier molecular flexibility index (Phi) is 25.4. The molecule has 0 bridgehead atoms. The first-order chi connectivity index (χ1) is 31.9. The van der Waals surface area contributed by atoms with Crippen LogP contribution in [0.15, 0.2) is 94.1 Å². The van der Waals surface area contributed by atoms with Crippen LogP contribution in [0.3, 0.4) is 0 Å². The maximum Gasteiger partial charge on any atom is 0.338 e. The van der Waals surface area contributed by atoms with Crippen molar-refractivity contribution in [1.82, 2.24) is 0 Å². The van der Waals surface area contributed by atoms with Gasteiger partial charge in [0, 0.05) is 50.7 Å². The van der Waals surface area contributed by atoms with Crippen LogP contribution in [0.2, 0.25) is 0 Å². The molecule has 0 radical (unpaired) electrons. The topological polar surface area (TPSA) is 281 Å². The third-order valence-electron chi connectivity index (χ3n) is 8.65. The van der Waals surface area contributed by atoms with Crippen LogP contribution in [0.5, 0.6) is 0 Å². The predicted molar refractivity (Wildman–Crippen MR) is 227 cm³/mol. The smallest absolute Gasteiger partial charge is 0.338 e. The standard InChI is InChI=1S/C45H52O22/c1-9-34(47)59-21-43(18-56-7,19-57-8)27-65-40(53)31-15-32(41(54)66-28-44(20-58-30-46,22-60-35(48)10-2)23-61-36(49)11-3)17-33(16-31)42(55)67-29-45(24-62-37(50)12-4,25-63-38(51)13-5)26-64-39(52)14-6/h9-17,30H,1-6,18-29H2,7-8H3. The summed E-state index contributed by atoms with van der Waals surface area (Å²) in [5.41, 5.74) is -6.38. The van der Waals surface area contributed by atoms with Crippen molar-refractivity contribution in [3.05, 3.63) is 111 Å². The van der Waals surface area contributed by atoms with E-state index >= 15 is 0 Å². The normalized spacial score (nSPS) is 10.8. The lowest BCUT2D eigenvalue weighted by Crippen LogP contribution is -2.43. The quantitative estimate of drug-likeness (QED) is 0.0413. The number of methoxy groups -OCH3 is 2. The summed E-state index contributed by atoms with van der Waals surface area (Å²) in [4.78, 5) is 125. The lowest BCUT2D eigenvalue weighted by molar-refractivity contribution is -0.160. The molecular formula is C45H52O22. The molecule has 0 saturated carbocycles. The van der Waals surface area contributed by atoms with Crippen LogP contribution >= 0.6 is 0 Å². The van der Waals surface area contributed by atoms with Crippen LogP contribution in [-0.4, -0.2) is 154 Å². The van der Waals surface area contributed by atoms with Gasteiger partial charge in [0.05, 0.1) is 35.3 Å². The first-order valence-corrected chi connectivity index (χ1v) is 19.3. The van der Waals surface area contributed by atoms with Crippen molar-refractivity contribution in [2.45, 2.75) is 0 Å². The number of benzene rings is 1. The van der Waals surface area contributed by atoms with Gasteiger partial charge < -0.3 is 56.8 Å². The Morgan fingerprint density at radius 1 is 0.373 bits per heavy atom. The fourth-order valence-electron chi connectivity index (χ4n) is 5.16. The second-order valence-electron chi connectivity index (χ2n) is 14.2. The highest BCUT2D eigenvalue weighted by Gasteiger charge is 2.40. The highest BCUT2D eigenvalue weighted by atomic mass is 16.6. The Balaban J connectivity index is 3.92. The zero-order chi connectivity index (χ0) is 50.5. The molecule has 67 heavy (non-hydrogen) atoms. The largest absolute Gasteiger partial charge is 0.467 e. The predicted octanol–water partition coefficient (Wildman–Crippen LogP) is 1.96. The van der Waals surface area contributed by atoms with Crippen LogP contribution < -0.4 is 0 Å². The van der Waals surface area contributed by atoms with Crippen molar-refractivity contribution in [1.29, 1.82) is 0 Å². The zero-order valence-electron chi connectivity index (χ0n) is 37.0. The minimum atomic E-state index is -1.80. The lowest BCUT2D eigenvalue weighted by Gasteiger charge is -2.31. The van der Waals surface area contributed by atoms with Gasteiger partial charge in [-0.05, 0) is 18.2 Å². The van der Waals surface area contributed by atoms with E-state index in [0.717, 1.165) is 54.7 Å². The fourth-order valence-corrected chi connectivity index (χ4v) is 5.16. The molecule has 1 aromatic rings. The van der Waals surface area contributed by atoms with Crippen molar-refractivity contribution in [2.75, 3.05) is 93.5 Å². The zero-order valence-corrected chi connectivity index (χ0v) is 37.0. The molecule has 0 fully saturated rings. The molecule has 1 aromatic carbocycles. The Morgan fingerprint density at radius 3 is 0.791 bits per heavy atom. The average molecular weight is 945 g/mol. The van der Waals surface area contributed by atoms with Gasteiger partial charge in [-0.15, -0.1) is 0 Å². The summed E-state index contributed by atoms with van der Waals surface area (Å²) in [6.45, 7) is 12.9. The maximum absolute atomic E-state index is 13.9. The molecule has 0 atom stereocenters. The third-order valence-corrected chi connectivity index (χ3v) is 8.65. The molecule has 364 valence electrons. The van der Waals surface area contributed by atoms with Crippen molar-refractivity contribution in [3.63, 3.8) is 0 Å². The number of carbonyl (C=O) groups is 10. The number of rotatable bonds is 34. The van der Waals surface area contributed by atoms with Crippen LogP contribution in [0.4, 0.5) is 0 Å². The van der Waals surface area contributed by atoms with E-state index < -0.39 is 146 Å². The van der Waals surface area contributed by atoms with E-state index in [9.17, 15) is 47.9 Å². The summed E-state index contributed by atoms with van der Waals surface area (Å²) in [6, 6.07) is 2.83. The molecule has 0 heterocycles. The highest BCUT2D eigenvalue weighted by Crippen LogP contribution is 2.26. The minimum Gasteiger partial charge on any atom is -0.467 e. The molecule has 0 saturated heterocycles. The van der Waals surface area contributed by atoms with E-state index in [1.165, 1.54) is 14.2 Å². The fraction of sp³-hybridized carbons (Fsp3) is 0.378. The SMILES string of the molecule is C=CC(=O)OCC(COC)(COC)COC(=O)c1cc(C(=O)OCC(COC=O)(COC(=O)C=C)COC(=O)C=C)cc(C(=O)OCC(COC(=O)C=C)(COC(=O)C=C)COC(=O)C=C)c1. The maximum atomic E-state index is 13.9. The summed E-state index contributed by atoms with van der Waals surface area (Å²) in [7, 11) is 2.65. The number of ether oxygens (including phenoxy) is 12. The van der Waals surface area contributed by atoms with Crippen molar-refractivity contribution in [2.24, 2.45) is 16.2 Å². The van der Waals surface area contributed by atoms with Gasteiger partial charge >= 0.3 is 53.7 Å². The van der Waals surface area contributed by atoms with Crippen molar-refractivity contribution < 1.29 is 105 Å². The monoisotopic (exact) mass is 944 g/mol. The van der Waals surface area contributed by atoms with Crippen molar-refractivity contribution in [3.8, 4) is 0 Å². The third kappa shape index (κ3) is 20.3. The Hall–Kier alpha value is -7.72. The highest BCUT2D eigenvalue weighted by molar-refractivity contribution is 6.00. The Morgan fingerprint density at radius 2 is 0.582 bits per heavy atom. The van der Waals surface area contributed by atoms with Crippen molar-refractivity contribution >= 4 is 60.2 Å². The lowest BCUT2D eigenvalue weighted by atomic mass is 9.92. The summed E-state index contributed by atoms with van der Waals surface area (Å²) >= 11 is 0. The van der Waals surface area contributed by atoms with Gasteiger partial charge in [-0.3, -0.25) is 4.79 Å². The molecule has 0 aliphatic carbocycles. The van der Waals surface area contributed by atoms with Gasteiger partial charge in [0.15, 0.2) is 0 Å². The summed E-state index contributed by atoms with van der Waals surface area (Å²) < 4.78 is 63.0. The molecule has 0 aromatic heterocycles. The Labute approximate surface area is 385 Å². The first kappa shape index (κ1) is 57.3. The number of hydrogen-bond acceptors (Lipinski definition) is 22. The average Bonchev–Trinajstić information content (AvgIpc) is 3.35. The van der Waals surface area contributed by atoms with Gasteiger partial charge in [0.1, 0.15) is 76.9 Å². The van der Waals surface area contributed by atoms with Crippen LogP contribution in [0.1, 0.15) is 31.1 Å². The molecular weight excluding hydrogens is 892 g/mol. The molecule has 0 aliphatic heterocycles. The number of esters is 9. The van der Waals surface area contributed by atoms with Gasteiger partial charge in [-0.25, -0.2) is 43.2 Å². The van der Waals surface area contributed by atoms with E-state index in [-0.39, 0.29) is 26.3 Å². The number of hydrogen-bond donors (Lipinski definition) is 0. The van der Waals surface area contributed by atoms with E-state index in [0.29, 0.717) is 0 Å². The van der Waals surface area contributed by atoms with E-state index in [4.69, 9.17) is 56.8 Å². The van der Waals surface area contributed by atoms with Gasteiger partial charge in [0.25, 0.3) is 6.47 Å². The second-order valence-corrected chi connectivity index (χ2v) is 14.2. The van der Waals surface area contributed by atoms with E-state index in [1.54, 1.807) is 0 Å². The molecule has 0 N–H and O–H groups in total. The molecule has 22 heteroatoms. The molecule has 0 unspecified atom stereocenters. The number of carbonyl (C=O) groups excluding carboxylic acids is 10. The molecule has 0 aliphatic rings.